The van der Waals surface area contributed by atoms with Gasteiger partial charge in [-0.3, -0.25) is 0 Å². The first-order chi connectivity index (χ1) is 11.8. The van der Waals surface area contributed by atoms with Crippen LogP contribution in [0.2, 0.25) is 5.02 Å². The molecule has 1 aliphatic rings. The molecular weight excluding hydrogens is 377 g/mol. The molecule has 4 nitrogen and oxygen atoms in total. The van der Waals surface area contributed by atoms with Crippen LogP contribution in [-0.2, 0) is 10.0 Å². The molecule has 1 saturated heterocycles. The van der Waals surface area contributed by atoms with E-state index >= 15 is 0 Å². The van der Waals surface area contributed by atoms with Gasteiger partial charge in [-0.15, -0.1) is 0 Å². The van der Waals surface area contributed by atoms with Crippen molar-refractivity contribution < 1.29 is 21.6 Å². The molecule has 9 heteroatoms. The molecule has 2 aromatic carbocycles. The van der Waals surface area contributed by atoms with Crippen molar-refractivity contribution in [3.05, 3.63) is 58.9 Å². The van der Waals surface area contributed by atoms with Gasteiger partial charge in [-0.1, -0.05) is 11.6 Å². The number of benzene rings is 2. The summed E-state index contributed by atoms with van der Waals surface area (Å²) in [5, 5.41) is 0.428. The maximum Gasteiger partial charge on any atom is 0.243 e. The van der Waals surface area contributed by atoms with Crippen molar-refractivity contribution in [3.63, 3.8) is 0 Å². The second kappa shape index (κ2) is 6.86. The van der Waals surface area contributed by atoms with Crippen LogP contribution >= 0.6 is 11.6 Å². The summed E-state index contributed by atoms with van der Waals surface area (Å²) >= 11 is 5.77. The Morgan fingerprint density at radius 1 is 0.840 bits per heavy atom. The Hall–Kier alpha value is -1.77. The first kappa shape index (κ1) is 18.0. The number of hydrogen-bond donors (Lipinski definition) is 0. The molecular formula is C16H14ClF3N2O2S. The van der Waals surface area contributed by atoms with Crippen LogP contribution in [0, 0.1) is 17.5 Å². The van der Waals surface area contributed by atoms with Gasteiger partial charge in [0.1, 0.15) is 0 Å². The lowest BCUT2D eigenvalue weighted by Gasteiger charge is -2.35. The van der Waals surface area contributed by atoms with Gasteiger partial charge in [0.2, 0.25) is 10.0 Å². The third-order valence-electron chi connectivity index (χ3n) is 4.05. The molecule has 3 rings (SSSR count). The molecule has 134 valence electrons. The number of anilines is 1. The summed E-state index contributed by atoms with van der Waals surface area (Å²) in [4.78, 5) is 1.61. The SMILES string of the molecule is O=S(=O)(c1ccc(Cl)cc1)N1CCN(c2ccc(F)c(F)c2F)CC1. The van der Waals surface area contributed by atoms with Gasteiger partial charge >= 0.3 is 0 Å². The number of nitrogens with zero attached hydrogens (tertiary/aromatic N) is 2. The summed E-state index contributed by atoms with van der Waals surface area (Å²) in [5.74, 6) is -4.06. The van der Waals surface area contributed by atoms with Crippen molar-refractivity contribution in [2.45, 2.75) is 4.90 Å². The van der Waals surface area contributed by atoms with Crippen LogP contribution < -0.4 is 4.90 Å². The zero-order chi connectivity index (χ0) is 18.2. The highest BCUT2D eigenvalue weighted by Gasteiger charge is 2.30. The van der Waals surface area contributed by atoms with Crippen LogP contribution in [-0.4, -0.2) is 38.9 Å². The highest BCUT2D eigenvalue weighted by molar-refractivity contribution is 7.89. The number of rotatable bonds is 3. The molecule has 0 bridgehead atoms. The molecule has 25 heavy (non-hydrogen) atoms. The van der Waals surface area contributed by atoms with Crippen LogP contribution in [0.3, 0.4) is 0 Å². The topological polar surface area (TPSA) is 40.6 Å². The van der Waals surface area contributed by atoms with E-state index < -0.39 is 27.5 Å². The highest BCUT2D eigenvalue weighted by atomic mass is 35.5. The number of halogens is 4. The average molecular weight is 391 g/mol. The predicted molar refractivity (Wildman–Crippen MR) is 88.7 cm³/mol. The van der Waals surface area contributed by atoms with Crippen LogP contribution in [0.25, 0.3) is 0 Å². The van der Waals surface area contributed by atoms with Crippen molar-refractivity contribution in [2.24, 2.45) is 0 Å². The summed E-state index contributed by atoms with van der Waals surface area (Å²) in [6.07, 6.45) is 0. The summed E-state index contributed by atoms with van der Waals surface area (Å²) in [6.45, 7) is 0.524. The quantitative estimate of drug-likeness (QED) is 0.755. The maximum absolute atomic E-state index is 13.9. The Labute approximate surface area is 148 Å². The highest BCUT2D eigenvalue weighted by Crippen LogP contribution is 2.26. The van der Waals surface area contributed by atoms with E-state index in [4.69, 9.17) is 11.6 Å². The zero-order valence-electron chi connectivity index (χ0n) is 12.9. The van der Waals surface area contributed by atoms with Gasteiger partial charge in [-0.25, -0.2) is 21.6 Å². The predicted octanol–water partition coefficient (Wildman–Crippen LogP) is 3.27. The molecule has 1 heterocycles. The van der Waals surface area contributed by atoms with Crippen LogP contribution in [0.1, 0.15) is 0 Å². The fraction of sp³-hybridized carbons (Fsp3) is 0.250. The molecule has 0 aromatic heterocycles. The summed E-state index contributed by atoms with van der Waals surface area (Å²) in [6, 6.07) is 7.81. The second-order valence-corrected chi connectivity index (χ2v) is 7.91. The zero-order valence-corrected chi connectivity index (χ0v) is 14.5. The molecule has 0 aliphatic carbocycles. The van der Waals surface area contributed by atoms with Gasteiger partial charge < -0.3 is 4.90 Å². The minimum atomic E-state index is -3.69. The minimum Gasteiger partial charge on any atom is -0.366 e. The van der Waals surface area contributed by atoms with E-state index in [0.29, 0.717) is 5.02 Å². The Morgan fingerprint density at radius 2 is 1.44 bits per heavy atom. The van der Waals surface area contributed by atoms with E-state index in [2.05, 4.69) is 0 Å². The molecule has 1 aliphatic heterocycles. The lowest BCUT2D eigenvalue weighted by molar-refractivity contribution is 0.380. The lowest BCUT2D eigenvalue weighted by Crippen LogP contribution is -2.49. The second-order valence-electron chi connectivity index (χ2n) is 5.54. The van der Waals surface area contributed by atoms with E-state index in [1.807, 2.05) is 0 Å². The molecule has 0 atom stereocenters. The normalized spacial score (nSPS) is 16.2. The third kappa shape index (κ3) is 3.47. The fourth-order valence-corrected chi connectivity index (χ4v) is 4.23. The van der Waals surface area contributed by atoms with Crippen molar-refractivity contribution in [2.75, 3.05) is 31.1 Å². The number of piperazine rings is 1. The van der Waals surface area contributed by atoms with Gasteiger partial charge in [0.15, 0.2) is 17.5 Å². The molecule has 0 N–H and O–H groups in total. The van der Waals surface area contributed by atoms with E-state index in [9.17, 15) is 21.6 Å². The summed E-state index contributed by atoms with van der Waals surface area (Å²) in [7, 11) is -3.69. The number of hydrogen-bond acceptors (Lipinski definition) is 3. The van der Waals surface area contributed by atoms with Crippen molar-refractivity contribution >= 4 is 27.3 Å². The number of sulfonamides is 1. The molecule has 0 radical (unpaired) electrons. The minimum absolute atomic E-state index is 0.0811. The van der Waals surface area contributed by atoms with Gasteiger partial charge in [-0.2, -0.15) is 4.31 Å². The Morgan fingerprint density at radius 3 is 2.04 bits per heavy atom. The Balaban J connectivity index is 1.76. The lowest BCUT2D eigenvalue weighted by atomic mass is 10.2. The molecule has 0 amide bonds. The first-order valence-corrected chi connectivity index (χ1v) is 9.26. The van der Waals surface area contributed by atoms with Crippen molar-refractivity contribution in [1.82, 2.24) is 4.31 Å². The van der Waals surface area contributed by atoms with Crippen LogP contribution in [0.5, 0.6) is 0 Å². The van der Waals surface area contributed by atoms with E-state index in [1.165, 1.54) is 33.5 Å². The maximum atomic E-state index is 13.9. The first-order valence-electron chi connectivity index (χ1n) is 7.45. The molecule has 0 saturated carbocycles. The fourth-order valence-electron chi connectivity index (χ4n) is 2.68. The van der Waals surface area contributed by atoms with E-state index in [-0.39, 0.29) is 36.8 Å². The Bertz CT molecular complexity index is 883. The van der Waals surface area contributed by atoms with Gasteiger partial charge in [0, 0.05) is 31.2 Å². The van der Waals surface area contributed by atoms with Crippen molar-refractivity contribution in [3.8, 4) is 0 Å². The van der Waals surface area contributed by atoms with Crippen LogP contribution in [0.4, 0.5) is 18.9 Å². The standard InChI is InChI=1S/C16H14ClF3N2O2S/c17-11-1-3-12(4-2-11)25(23,24)22-9-7-21(8-10-22)14-6-5-13(18)15(19)16(14)20/h1-6H,7-10H2. The van der Waals surface area contributed by atoms with Crippen LogP contribution in [0.15, 0.2) is 41.3 Å². The van der Waals surface area contributed by atoms with Gasteiger partial charge in [-0.05, 0) is 36.4 Å². The summed E-state index contributed by atoms with van der Waals surface area (Å²) in [5.41, 5.74) is -0.0811. The average Bonchev–Trinajstić information content (AvgIpc) is 2.60. The monoisotopic (exact) mass is 390 g/mol. The third-order valence-corrected chi connectivity index (χ3v) is 6.21. The van der Waals surface area contributed by atoms with Crippen molar-refractivity contribution in [1.29, 1.82) is 0 Å². The molecule has 0 spiro atoms. The molecule has 0 unspecified atom stereocenters. The van der Waals surface area contributed by atoms with Gasteiger partial charge in [0.25, 0.3) is 0 Å². The van der Waals surface area contributed by atoms with E-state index in [1.54, 1.807) is 0 Å². The Kier molecular flexibility index (Phi) is 4.95. The van der Waals surface area contributed by atoms with E-state index in [0.717, 1.165) is 12.1 Å². The smallest absolute Gasteiger partial charge is 0.243 e. The molecule has 1 fully saturated rings. The molecule has 2 aromatic rings. The largest absolute Gasteiger partial charge is 0.366 e. The van der Waals surface area contributed by atoms with Gasteiger partial charge in [0.05, 0.1) is 10.6 Å². The summed E-state index contributed by atoms with van der Waals surface area (Å²) < 4.78 is 66.7.